The third-order valence-electron chi connectivity index (χ3n) is 0.906. The molecule has 2 nitrogen and oxygen atoms in total. The van der Waals surface area contributed by atoms with E-state index in [0.717, 1.165) is 26.1 Å². The monoisotopic (exact) mass is 226 g/mol. The Morgan fingerprint density at radius 1 is 1.10 bits per heavy atom. The number of hydrogen-bond donors (Lipinski definition) is 0. The van der Waals surface area contributed by atoms with Crippen LogP contribution in [0.1, 0.15) is 26.7 Å². The molecule has 0 fully saturated rings. The van der Waals surface area contributed by atoms with E-state index in [0.29, 0.717) is 0 Å². The first-order valence-electron chi connectivity index (χ1n) is 3.68. The normalized spacial score (nSPS) is 10.8. The van der Waals surface area contributed by atoms with Crippen molar-refractivity contribution >= 4 is 23.2 Å². The van der Waals surface area contributed by atoms with E-state index in [9.17, 15) is 0 Å². The summed E-state index contributed by atoms with van der Waals surface area (Å²) in [6, 6.07) is 0. The second kappa shape index (κ2) is 7.72. The van der Waals surface area contributed by atoms with Gasteiger partial charge in [-0.05, 0) is 12.8 Å². The molecule has 0 aromatic carbocycles. The van der Waals surface area contributed by atoms with Crippen molar-refractivity contribution in [1.82, 2.24) is 0 Å². The maximum atomic E-state index is 5.33. The van der Waals surface area contributed by atoms with E-state index < -0.39 is 7.90 Å². The fourth-order valence-corrected chi connectivity index (χ4v) is 2.53. The minimum atomic E-state index is -1.42. The minimum Gasteiger partial charge on any atom is -0.389 e. The van der Waals surface area contributed by atoms with E-state index in [1.54, 1.807) is 0 Å². The molecule has 0 rings (SSSR count). The lowest BCUT2D eigenvalue weighted by Gasteiger charge is -2.08. The largest absolute Gasteiger partial charge is 0.397 e. The van der Waals surface area contributed by atoms with Crippen LogP contribution in [-0.4, -0.2) is 21.1 Å². The highest BCUT2D eigenvalue weighted by atomic mass is 79.9. The molecular formula is C6H15BrO2Si. The first-order chi connectivity index (χ1) is 4.81. The number of hydrogen-bond acceptors (Lipinski definition) is 2. The molecular weight excluding hydrogens is 212 g/mol. The summed E-state index contributed by atoms with van der Waals surface area (Å²) in [6.45, 7) is 5.81. The molecule has 4 heteroatoms. The van der Waals surface area contributed by atoms with E-state index in [2.05, 4.69) is 29.1 Å². The average molecular weight is 227 g/mol. The van der Waals surface area contributed by atoms with Crippen LogP contribution in [0.25, 0.3) is 0 Å². The molecule has 0 aliphatic rings. The van der Waals surface area contributed by atoms with Crippen molar-refractivity contribution in [1.29, 1.82) is 0 Å². The molecule has 0 aromatic rings. The summed E-state index contributed by atoms with van der Waals surface area (Å²) in [5.74, 6) is 0. The van der Waals surface area contributed by atoms with Gasteiger partial charge in [-0.15, -0.1) is 0 Å². The molecule has 0 spiro atoms. The van der Waals surface area contributed by atoms with E-state index in [1.165, 1.54) is 0 Å². The van der Waals surface area contributed by atoms with Crippen LogP contribution in [0, 0.1) is 0 Å². The SMILES string of the molecule is CCCO[SiH](Br)OCCC. The van der Waals surface area contributed by atoms with Crippen LogP contribution in [0.15, 0.2) is 0 Å². The standard InChI is InChI=1S/C6H15BrO2Si/c1-3-5-8-10(7)9-6-4-2/h10H,3-6H2,1-2H3. The van der Waals surface area contributed by atoms with Crippen LogP contribution in [0.3, 0.4) is 0 Å². The van der Waals surface area contributed by atoms with Gasteiger partial charge in [0.2, 0.25) is 0 Å². The Kier molecular flexibility index (Phi) is 8.20. The zero-order valence-electron chi connectivity index (χ0n) is 6.60. The van der Waals surface area contributed by atoms with Gasteiger partial charge in [0, 0.05) is 13.2 Å². The van der Waals surface area contributed by atoms with Gasteiger partial charge in [-0.1, -0.05) is 29.1 Å². The van der Waals surface area contributed by atoms with E-state index in [4.69, 9.17) is 8.85 Å². The molecule has 0 radical (unpaired) electrons. The lowest BCUT2D eigenvalue weighted by molar-refractivity contribution is 0.216. The van der Waals surface area contributed by atoms with Crippen LogP contribution in [0.5, 0.6) is 0 Å². The van der Waals surface area contributed by atoms with Crippen molar-refractivity contribution in [3.05, 3.63) is 0 Å². The molecule has 62 valence electrons. The average Bonchev–Trinajstić information content (AvgIpc) is 1.97. The molecule has 0 bridgehead atoms. The zero-order valence-corrected chi connectivity index (χ0v) is 9.34. The quantitative estimate of drug-likeness (QED) is 0.510. The zero-order chi connectivity index (χ0) is 7.82. The van der Waals surface area contributed by atoms with Crippen LogP contribution >= 0.6 is 15.3 Å². The fraction of sp³-hybridized carbons (Fsp3) is 1.00. The van der Waals surface area contributed by atoms with Crippen molar-refractivity contribution in [3.8, 4) is 0 Å². The third-order valence-corrected chi connectivity index (χ3v) is 3.49. The lowest BCUT2D eigenvalue weighted by Crippen LogP contribution is -2.16. The highest BCUT2D eigenvalue weighted by Gasteiger charge is 2.05. The lowest BCUT2D eigenvalue weighted by atomic mass is 10.5. The first-order valence-corrected chi connectivity index (χ1v) is 7.81. The molecule has 0 atom stereocenters. The summed E-state index contributed by atoms with van der Waals surface area (Å²) in [4.78, 5) is 0. The van der Waals surface area contributed by atoms with E-state index in [1.807, 2.05) is 0 Å². The summed E-state index contributed by atoms with van der Waals surface area (Å²) >= 11 is 3.37. The summed E-state index contributed by atoms with van der Waals surface area (Å²) in [6.07, 6.45) is 2.12. The Balaban J connectivity index is 3.00. The molecule has 0 unspecified atom stereocenters. The minimum absolute atomic E-state index is 0.811. The molecule has 0 N–H and O–H groups in total. The molecule has 10 heavy (non-hydrogen) atoms. The second-order valence-electron chi connectivity index (χ2n) is 2.02. The Bertz CT molecular complexity index is 64.8. The van der Waals surface area contributed by atoms with Gasteiger partial charge in [0.1, 0.15) is 0 Å². The van der Waals surface area contributed by atoms with Gasteiger partial charge in [-0.2, -0.15) is 0 Å². The predicted molar refractivity (Wildman–Crippen MR) is 48.6 cm³/mol. The van der Waals surface area contributed by atoms with Crippen LogP contribution in [0.4, 0.5) is 0 Å². The maximum Gasteiger partial charge on any atom is 0.397 e. The summed E-state index contributed by atoms with van der Waals surface area (Å²) in [7, 11) is -1.42. The first kappa shape index (κ1) is 10.6. The van der Waals surface area contributed by atoms with Crippen molar-refractivity contribution in [2.45, 2.75) is 26.7 Å². The van der Waals surface area contributed by atoms with Gasteiger partial charge in [0.05, 0.1) is 0 Å². The predicted octanol–water partition coefficient (Wildman–Crippen LogP) is 1.95. The summed E-state index contributed by atoms with van der Waals surface area (Å²) in [5.41, 5.74) is 0. The van der Waals surface area contributed by atoms with Gasteiger partial charge in [0.15, 0.2) is 0 Å². The molecule has 0 amide bonds. The Morgan fingerprint density at radius 3 is 1.80 bits per heavy atom. The highest BCUT2D eigenvalue weighted by Crippen LogP contribution is 1.99. The molecule has 0 heterocycles. The van der Waals surface area contributed by atoms with Crippen molar-refractivity contribution in [2.75, 3.05) is 13.2 Å². The Morgan fingerprint density at radius 2 is 1.50 bits per heavy atom. The van der Waals surface area contributed by atoms with Crippen LogP contribution in [0.2, 0.25) is 0 Å². The number of halogens is 1. The Labute approximate surface area is 72.3 Å². The number of rotatable bonds is 6. The van der Waals surface area contributed by atoms with E-state index in [-0.39, 0.29) is 0 Å². The molecule has 0 aliphatic carbocycles. The van der Waals surface area contributed by atoms with Gasteiger partial charge < -0.3 is 8.85 Å². The highest BCUT2D eigenvalue weighted by molar-refractivity contribution is 9.24. The fourth-order valence-electron chi connectivity index (χ4n) is 0.469. The summed E-state index contributed by atoms with van der Waals surface area (Å²) in [5, 5.41) is 0. The molecule has 0 aliphatic heterocycles. The second-order valence-corrected chi connectivity index (χ2v) is 5.47. The van der Waals surface area contributed by atoms with Crippen LogP contribution < -0.4 is 0 Å². The molecule has 0 saturated carbocycles. The Hall–Kier alpha value is 0.617. The van der Waals surface area contributed by atoms with Gasteiger partial charge >= 0.3 is 7.90 Å². The van der Waals surface area contributed by atoms with Crippen molar-refractivity contribution < 1.29 is 8.85 Å². The molecule has 0 saturated heterocycles. The van der Waals surface area contributed by atoms with Gasteiger partial charge in [0.25, 0.3) is 0 Å². The smallest absolute Gasteiger partial charge is 0.389 e. The van der Waals surface area contributed by atoms with E-state index >= 15 is 0 Å². The van der Waals surface area contributed by atoms with Gasteiger partial charge in [-0.25, -0.2) is 0 Å². The third kappa shape index (κ3) is 6.73. The van der Waals surface area contributed by atoms with Crippen molar-refractivity contribution in [2.24, 2.45) is 0 Å². The van der Waals surface area contributed by atoms with Gasteiger partial charge in [-0.3, -0.25) is 0 Å². The van der Waals surface area contributed by atoms with Crippen molar-refractivity contribution in [3.63, 3.8) is 0 Å². The summed E-state index contributed by atoms with van der Waals surface area (Å²) < 4.78 is 10.7. The topological polar surface area (TPSA) is 18.5 Å². The molecule has 0 aromatic heterocycles. The van der Waals surface area contributed by atoms with Crippen LogP contribution in [-0.2, 0) is 8.85 Å². The maximum absolute atomic E-state index is 5.33.